The van der Waals surface area contributed by atoms with Crippen LogP contribution in [0.2, 0.25) is 0 Å². The molecule has 1 heterocycles. The molecule has 0 spiro atoms. The van der Waals surface area contributed by atoms with Gasteiger partial charge in [-0.2, -0.15) is 18.4 Å². The first-order chi connectivity index (χ1) is 12.9. The summed E-state index contributed by atoms with van der Waals surface area (Å²) in [6.07, 6.45) is -0.802. The van der Waals surface area contributed by atoms with E-state index in [9.17, 15) is 18.0 Å². The highest BCUT2D eigenvalue weighted by Crippen LogP contribution is 2.30. The number of amides is 2. The van der Waals surface area contributed by atoms with E-state index < -0.39 is 11.9 Å². The first kappa shape index (κ1) is 18.7. The average molecular weight is 374 g/mol. The number of rotatable bonds is 4. The molecule has 5 nitrogen and oxygen atoms in total. The van der Waals surface area contributed by atoms with Crippen LogP contribution in [0.15, 0.2) is 42.6 Å². The zero-order valence-electron chi connectivity index (χ0n) is 14.3. The lowest BCUT2D eigenvalue weighted by molar-refractivity contribution is -0.141. The first-order valence-electron chi connectivity index (χ1n) is 8.47. The third-order valence-electron chi connectivity index (χ3n) is 4.51. The van der Waals surface area contributed by atoms with E-state index in [2.05, 4.69) is 10.3 Å². The fourth-order valence-electron chi connectivity index (χ4n) is 2.81. The summed E-state index contributed by atoms with van der Waals surface area (Å²) in [5.41, 5.74) is 0.398. The van der Waals surface area contributed by atoms with Gasteiger partial charge in [0.25, 0.3) is 0 Å². The maximum Gasteiger partial charge on any atom is 0.433 e. The number of hydrogen-bond acceptors (Lipinski definition) is 3. The van der Waals surface area contributed by atoms with Gasteiger partial charge in [0.15, 0.2) is 0 Å². The number of nitriles is 1. The van der Waals surface area contributed by atoms with Crippen LogP contribution in [0.1, 0.15) is 36.1 Å². The second kappa shape index (κ2) is 7.66. The Labute approximate surface area is 154 Å². The highest BCUT2D eigenvalue weighted by atomic mass is 19.4. The molecule has 1 aromatic heterocycles. The number of hydrogen-bond donors (Lipinski definition) is 1. The predicted molar refractivity (Wildman–Crippen MR) is 92.6 cm³/mol. The number of pyridine rings is 1. The zero-order chi connectivity index (χ0) is 19.4. The van der Waals surface area contributed by atoms with Crippen molar-refractivity contribution in [2.24, 2.45) is 0 Å². The molecule has 1 N–H and O–H groups in total. The Bertz CT molecular complexity index is 854. The van der Waals surface area contributed by atoms with Crippen LogP contribution in [-0.4, -0.2) is 22.0 Å². The molecule has 0 atom stereocenters. The first-order valence-corrected chi connectivity index (χ1v) is 8.47. The van der Waals surface area contributed by atoms with E-state index in [0.717, 1.165) is 31.5 Å². The highest BCUT2D eigenvalue weighted by molar-refractivity contribution is 5.89. The minimum absolute atomic E-state index is 0.00844. The standard InChI is InChI=1S/C19H17F3N4O/c20-19(21,22)17-10-14(8-9-24-17)12-26(16-2-1-3-16)18(27)25-15-6-4-13(11-23)5-7-15/h4-10,16H,1-3,12H2,(H,25,27). The molecule has 8 heteroatoms. The molecule has 2 aromatic rings. The maximum atomic E-state index is 12.9. The summed E-state index contributed by atoms with van der Waals surface area (Å²) >= 11 is 0. The van der Waals surface area contributed by atoms with Crippen LogP contribution in [0.5, 0.6) is 0 Å². The Morgan fingerprint density at radius 2 is 1.96 bits per heavy atom. The summed E-state index contributed by atoms with van der Waals surface area (Å²) in [6, 6.07) is 10.5. The maximum absolute atomic E-state index is 12.9. The number of halogens is 3. The molecule has 0 saturated heterocycles. The van der Waals surface area contributed by atoms with Gasteiger partial charge < -0.3 is 10.2 Å². The smallest absolute Gasteiger partial charge is 0.317 e. The molecule has 140 valence electrons. The van der Waals surface area contributed by atoms with Crippen molar-refractivity contribution in [3.63, 3.8) is 0 Å². The van der Waals surface area contributed by atoms with E-state index in [0.29, 0.717) is 16.8 Å². The third kappa shape index (κ3) is 4.56. The molecular weight excluding hydrogens is 357 g/mol. The Hall–Kier alpha value is -3.08. The molecule has 2 amide bonds. The number of carbonyl (C=O) groups is 1. The van der Waals surface area contributed by atoms with Gasteiger partial charge in [-0.15, -0.1) is 0 Å². The van der Waals surface area contributed by atoms with Crippen LogP contribution in [-0.2, 0) is 12.7 Å². The van der Waals surface area contributed by atoms with E-state index in [1.165, 1.54) is 6.07 Å². The molecule has 3 rings (SSSR count). The summed E-state index contributed by atoms with van der Waals surface area (Å²) in [6.45, 7) is 0.0678. The number of nitrogens with one attached hydrogen (secondary N) is 1. The fourth-order valence-corrected chi connectivity index (χ4v) is 2.81. The van der Waals surface area contributed by atoms with E-state index in [4.69, 9.17) is 5.26 Å². The van der Waals surface area contributed by atoms with Gasteiger partial charge in [0, 0.05) is 24.5 Å². The number of carbonyl (C=O) groups excluding carboxylic acids is 1. The number of anilines is 1. The molecule has 1 saturated carbocycles. The Morgan fingerprint density at radius 1 is 1.26 bits per heavy atom. The topological polar surface area (TPSA) is 69.0 Å². The van der Waals surface area contributed by atoms with Gasteiger partial charge in [-0.3, -0.25) is 4.98 Å². The van der Waals surface area contributed by atoms with E-state index in [1.807, 2.05) is 6.07 Å². The van der Waals surface area contributed by atoms with Gasteiger partial charge in [-0.25, -0.2) is 4.79 Å². The van der Waals surface area contributed by atoms with Crippen molar-refractivity contribution in [1.82, 2.24) is 9.88 Å². The Morgan fingerprint density at radius 3 is 2.52 bits per heavy atom. The number of nitrogens with zero attached hydrogens (tertiary/aromatic N) is 3. The van der Waals surface area contributed by atoms with Crippen LogP contribution in [0.25, 0.3) is 0 Å². The van der Waals surface area contributed by atoms with Crippen molar-refractivity contribution in [3.05, 3.63) is 59.4 Å². The molecule has 1 fully saturated rings. The number of benzene rings is 1. The van der Waals surface area contributed by atoms with E-state index in [1.54, 1.807) is 29.2 Å². The van der Waals surface area contributed by atoms with Crippen molar-refractivity contribution in [2.75, 3.05) is 5.32 Å². The van der Waals surface area contributed by atoms with Crippen molar-refractivity contribution >= 4 is 11.7 Å². The Balaban J connectivity index is 1.76. The third-order valence-corrected chi connectivity index (χ3v) is 4.51. The fraction of sp³-hybridized carbons (Fsp3) is 0.316. The van der Waals surface area contributed by atoms with Crippen LogP contribution in [0.4, 0.5) is 23.7 Å². The lowest BCUT2D eigenvalue weighted by atomic mass is 9.91. The zero-order valence-corrected chi connectivity index (χ0v) is 14.3. The van der Waals surface area contributed by atoms with Gasteiger partial charge in [0.1, 0.15) is 5.69 Å². The Kier molecular flexibility index (Phi) is 5.31. The van der Waals surface area contributed by atoms with Crippen LogP contribution < -0.4 is 5.32 Å². The summed E-state index contributed by atoms with van der Waals surface area (Å²) in [5.74, 6) is 0. The van der Waals surface area contributed by atoms with Crippen molar-refractivity contribution in [2.45, 2.75) is 38.0 Å². The van der Waals surface area contributed by atoms with Gasteiger partial charge in [0.2, 0.25) is 0 Å². The predicted octanol–water partition coefficient (Wildman–Crippen LogP) is 4.56. The highest BCUT2D eigenvalue weighted by Gasteiger charge is 2.33. The summed E-state index contributed by atoms with van der Waals surface area (Å²) in [4.78, 5) is 17.6. The van der Waals surface area contributed by atoms with Crippen molar-refractivity contribution in [3.8, 4) is 6.07 Å². The van der Waals surface area contributed by atoms with Gasteiger partial charge in [-0.1, -0.05) is 0 Å². The second-order valence-corrected chi connectivity index (χ2v) is 6.38. The summed E-state index contributed by atoms with van der Waals surface area (Å²) < 4.78 is 38.6. The van der Waals surface area contributed by atoms with Crippen LogP contribution in [0, 0.1) is 11.3 Å². The minimum atomic E-state index is -4.53. The molecule has 1 aliphatic rings. The summed E-state index contributed by atoms with van der Waals surface area (Å²) in [5, 5.41) is 11.6. The molecule has 1 aliphatic carbocycles. The molecule has 27 heavy (non-hydrogen) atoms. The number of urea groups is 1. The van der Waals surface area contributed by atoms with Gasteiger partial charge >= 0.3 is 12.2 Å². The van der Waals surface area contributed by atoms with Gasteiger partial charge in [-0.05, 0) is 61.2 Å². The van der Waals surface area contributed by atoms with Crippen LogP contribution in [0.3, 0.4) is 0 Å². The minimum Gasteiger partial charge on any atom is -0.317 e. The van der Waals surface area contributed by atoms with Crippen molar-refractivity contribution in [1.29, 1.82) is 5.26 Å². The molecule has 0 radical (unpaired) electrons. The molecule has 0 aliphatic heterocycles. The second-order valence-electron chi connectivity index (χ2n) is 6.38. The van der Waals surface area contributed by atoms with Crippen LogP contribution >= 0.6 is 0 Å². The van der Waals surface area contributed by atoms with E-state index in [-0.39, 0.29) is 18.6 Å². The largest absolute Gasteiger partial charge is 0.433 e. The summed E-state index contributed by atoms with van der Waals surface area (Å²) in [7, 11) is 0. The molecule has 0 unspecified atom stereocenters. The quantitative estimate of drug-likeness (QED) is 0.853. The average Bonchev–Trinajstić information content (AvgIpc) is 2.60. The lowest BCUT2D eigenvalue weighted by Gasteiger charge is -2.37. The van der Waals surface area contributed by atoms with Crippen molar-refractivity contribution < 1.29 is 18.0 Å². The molecule has 1 aromatic carbocycles. The monoisotopic (exact) mass is 374 g/mol. The molecular formula is C19H17F3N4O. The van der Waals surface area contributed by atoms with Gasteiger partial charge in [0.05, 0.1) is 11.6 Å². The number of aromatic nitrogens is 1. The molecule has 0 bridgehead atoms. The SMILES string of the molecule is N#Cc1ccc(NC(=O)N(Cc2ccnc(C(F)(F)F)c2)C2CCC2)cc1. The lowest BCUT2D eigenvalue weighted by Crippen LogP contribution is -2.45. The number of alkyl halides is 3. The normalized spacial score (nSPS) is 14.1. The van der Waals surface area contributed by atoms with E-state index >= 15 is 0 Å².